The Balaban J connectivity index is 1.79. The molecule has 0 amide bonds. The predicted octanol–water partition coefficient (Wildman–Crippen LogP) is 4.33. The summed E-state index contributed by atoms with van der Waals surface area (Å²) in [5.41, 5.74) is 1.96. The van der Waals surface area contributed by atoms with Gasteiger partial charge in [-0.15, -0.1) is 0 Å². The fourth-order valence-corrected chi connectivity index (χ4v) is 3.43. The number of benzene rings is 2. The van der Waals surface area contributed by atoms with E-state index in [0.717, 1.165) is 11.2 Å². The van der Waals surface area contributed by atoms with E-state index in [2.05, 4.69) is 10.1 Å². The molecule has 2 aromatic carbocycles. The molecule has 4 rings (SSSR count). The maximum Gasteiger partial charge on any atom is 0.359 e. The molecule has 0 aliphatic rings. The molecule has 2 heterocycles. The number of hydrogen-bond donors (Lipinski definition) is 1. The van der Waals surface area contributed by atoms with Gasteiger partial charge in [-0.25, -0.2) is 9.48 Å². The molecule has 8 heteroatoms. The van der Waals surface area contributed by atoms with Crippen LogP contribution in [0.4, 0.5) is 0 Å². The number of ether oxygens (including phenoxy) is 2. The number of nitriles is 1. The molecule has 33 heavy (non-hydrogen) atoms. The van der Waals surface area contributed by atoms with Crippen LogP contribution in [0, 0.1) is 11.3 Å². The number of ketones is 1. The Hall–Kier alpha value is -4.64. The number of para-hydroxylation sites is 1. The van der Waals surface area contributed by atoms with Crippen LogP contribution in [0.5, 0.6) is 5.75 Å². The van der Waals surface area contributed by atoms with Gasteiger partial charge in [0.2, 0.25) is 5.78 Å². The van der Waals surface area contributed by atoms with Gasteiger partial charge in [0.05, 0.1) is 19.4 Å². The van der Waals surface area contributed by atoms with Crippen LogP contribution in [-0.2, 0) is 4.74 Å². The number of carbonyl (C=O) groups is 2. The van der Waals surface area contributed by atoms with Crippen molar-refractivity contribution in [3.63, 3.8) is 0 Å². The van der Waals surface area contributed by atoms with E-state index in [9.17, 15) is 14.9 Å². The summed E-state index contributed by atoms with van der Waals surface area (Å²) >= 11 is 0. The number of fused-ring (bicyclic) bond motifs is 1. The highest BCUT2D eigenvalue weighted by atomic mass is 16.5. The molecule has 0 atom stereocenters. The molecule has 4 aromatic rings. The third-order valence-corrected chi connectivity index (χ3v) is 5.03. The van der Waals surface area contributed by atoms with E-state index in [1.165, 1.54) is 17.9 Å². The lowest BCUT2D eigenvalue weighted by molar-refractivity contribution is 0.0518. The summed E-state index contributed by atoms with van der Waals surface area (Å²) < 4.78 is 11.9. The number of nitrogens with zero attached hydrogens (tertiary/aromatic N) is 3. The van der Waals surface area contributed by atoms with Gasteiger partial charge in [0, 0.05) is 34.4 Å². The van der Waals surface area contributed by atoms with Crippen molar-refractivity contribution in [1.29, 1.82) is 5.26 Å². The average molecular weight is 440 g/mol. The van der Waals surface area contributed by atoms with Crippen molar-refractivity contribution >= 4 is 28.7 Å². The zero-order valence-electron chi connectivity index (χ0n) is 18.0. The van der Waals surface area contributed by atoms with Crippen LogP contribution >= 0.6 is 0 Å². The summed E-state index contributed by atoms with van der Waals surface area (Å²) in [6.07, 6.45) is 4.50. The number of allylic oxidation sites excluding steroid dienone is 1. The molecule has 0 saturated heterocycles. The van der Waals surface area contributed by atoms with Gasteiger partial charge in [0.25, 0.3) is 0 Å². The zero-order chi connectivity index (χ0) is 23.4. The van der Waals surface area contributed by atoms with Gasteiger partial charge in [-0.05, 0) is 43.3 Å². The first-order chi connectivity index (χ1) is 16.0. The van der Waals surface area contributed by atoms with E-state index < -0.39 is 11.8 Å². The number of methoxy groups -OCH3 is 1. The van der Waals surface area contributed by atoms with Gasteiger partial charge >= 0.3 is 5.97 Å². The standard InChI is InChI=1S/C25H20N4O4/c1-3-33-25(31)23-17(15-29(28-23)18-7-5-4-6-8-18)11-16(13-26)24(30)21-14-27-22-10-9-19(32-2)12-20(21)22/h4-12,14-15,27H,3H2,1-2H3/b16-11-. The minimum atomic E-state index is -0.639. The third-order valence-electron chi connectivity index (χ3n) is 5.03. The van der Waals surface area contributed by atoms with Gasteiger partial charge in [0.1, 0.15) is 17.4 Å². The molecule has 0 unspecified atom stereocenters. The molecule has 0 bridgehead atoms. The molecule has 164 valence electrons. The van der Waals surface area contributed by atoms with Gasteiger partial charge < -0.3 is 14.5 Å². The summed E-state index contributed by atoms with van der Waals surface area (Å²) in [6, 6.07) is 16.4. The minimum absolute atomic E-state index is 0.0156. The van der Waals surface area contributed by atoms with Crippen molar-refractivity contribution in [3.05, 3.63) is 83.3 Å². The summed E-state index contributed by atoms with van der Waals surface area (Å²) in [5, 5.41) is 14.7. The van der Waals surface area contributed by atoms with Crippen molar-refractivity contribution < 1.29 is 19.1 Å². The molecular formula is C25H20N4O4. The molecule has 0 aliphatic heterocycles. The number of carbonyl (C=O) groups excluding carboxylic acids is 2. The van der Waals surface area contributed by atoms with E-state index in [-0.39, 0.29) is 17.9 Å². The highest BCUT2D eigenvalue weighted by Crippen LogP contribution is 2.26. The van der Waals surface area contributed by atoms with E-state index in [1.54, 1.807) is 37.5 Å². The number of hydrogen-bond acceptors (Lipinski definition) is 6. The van der Waals surface area contributed by atoms with Crippen molar-refractivity contribution in [2.24, 2.45) is 0 Å². The summed E-state index contributed by atoms with van der Waals surface area (Å²) in [6.45, 7) is 1.86. The summed E-state index contributed by atoms with van der Waals surface area (Å²) in [4.78, 5) is 28.8. The SMILES string of the molecule is CCOC(=O)c1nn(-c2ccccc2)cc1/C=C(/C#N)C(=O)c1c[nH]c2ccc(OC)cc12. The van der Waals surface area contributed by atoms with E-state index in [0.29, 0.717) is 22.3 Å². The van der Waals surface area contributed by atoms with Crippen LogP contribution < -0.4 is 4.74 Å². The lowest BCUT2D eigenvalue weighted by Crippen LogP contribution is -2.08. The molecule has 0 saturated carbocycles. The van der Waals surface area contributed by atoms with Crippen LogP contribution in [0.15, 0.2) is 66.5 Å². The molecule has 0 radical (unpaired) electrons. The molecule has 0 spiro atoms. The molecule has 0 aliphatic carbocycles. The average Bonchev–Trinajstić information content (AvgIpc) is 3.47. The predicted molar refractivity (Wildman–Crippen MR) is 122 cm³/mol. The normalized spacial score (nSPS) is 11.2. The molecule has 8 nitrogen and oxygen atoms in total. The van der Waals surface area contributed by atoms with Gasteiger partial charge in [-0.2, -0.15) is 10.4 Å². The van der Waals surface area contributed by atoms with Crippen molar-refractivity contribution in [3.8, 4) is 17.5 Å². The molecule has 0 fully saturated rings. The van der Waals surface area contributed by atoms with Crippen LogP contribution in [0.3, 0.4) is 0 Å². The zero-order valence-corrected chi connectivity index (χ0v) is 18.0. The Morgan fingerprint density at radius 3 is 2.70 bits per heavy atom. The highest BCUT2D eigenvalue weighted by Gasteiger charge is 2.22. The number of esters is 1. The Kier molecular flexibility index (Phi) is 6.04. The molecular weight excluding hydrogens is 420 g/mol. The van der Waals surface area contributed by atoms with Gasteiger partial charge in [-0.3, -0.25) is 4.79 Å². The topological polar surface area (TPSA) is 110 Å². The van der Waals surface area contributed by atoms with Crippen LogP contribution in [0.1, 0.15) is 33.3 Å². The van der Waals surface area contributed by atoms with Crippen molar-refractivity contribution in [2.75, 3.05) is 13.7 Å². The van der Waals surface area contributed by atoms with E-state index in [1.807, 2.05) is 36.4 Å². The third kappa shape index (κ3) is 4.25. The molecule has 2 aromatic heterocycles. The van der Waals surface area contributed by atoms with E-state index in [4.69, 9.17) is 9.47 Å². The first kappa shape index (κ1) is 21.6. The van der Waals surface area contributed by atoms with Crippen LogP contribution in [-0.4, -0.2) is 40.2 Å². The Morgan fingerprint density at radius 1 is 1.21 bits per heavy atom. The second-order valence-electron chi connectivity index (χ2n) is 7.05. The quantitative estimate of drug-likeness (QED) is 0.198. The maximum absolute atomic E-state index is 13.2. The van der Waals surface area contributed by atoms with E-state index >= 15 is 0 Å². The fourth-order valence-electron chi connectivity index (χ4n) is 3.43. The fraction of sp³-hybridized carbons (Fsp3) is 0.120. The highest BCUT2D eigenvalue weighted by molar-refractivity contribution is 6.20. The number of Topliss-reactive ketones (excluding diaryl/α,β-unsaturated/α-hetero) is 1. The molecule has 1 N–H and O–H groups in total. The monoisotopic (exact) mass is 440 g/mol. The smallest absolute Gasteiger partial charge is 0.359 e. The lowest BCUT2D eigenvalue weighted by Gasteiger charge is -2.02. The van der Waals surface area contributed by atoms with Crippen LogP contribution in [0.25, 0.3) is 22.7 Å². The first-order valence-electron chi connectivity index (χ1n) is 10.2. The Morgan fingerprint density at radius 2 is 2.00 bits per heavy atom. The summed E-state index contributed by atoms with van der Waals surface area (Å²) in [7, 11) is 1.54. The number of nitrogens with one attached hydrogen (secondary N) is 1. The second-order valence-corrected chi connectivity index (χ2v) is 7.05. The largest absolute Gasteiger partial charge is 0.497 e. The Bertz CT molecular complexity index is 1410. The van der Waals surface area contributed by atoms with Crippen LogP contribution in [0.2, 0.25) is 0 Å². The van der Waals surface area contributed by atoms with Crippen molar-refractivity contribution in [1.82, 2.24) is 14.8 Å². The number of aromatic nitrogens is 3. The number of H-pyrrole nitrogens is 1. The second kappa shape index (κ2) is 9.24. The summed E-state index contributed by atoms with van der Waals surface area (Å²) in [5.74, 6) is -0.536. The Labute approximate surface area is 189 Å². The lowest BCUT2D eigenvalue weighted by atomic mass is 10.0. The first-order valence-corrected chi connectivity index (χ1v) is 10.2. The van der Waals surface area contributed by atoms with Gasteiger partial charge in [0.15, 0.2) is 5.69 Å². The minimum Gasteiger partial charge on any atom is -0.497 e. The van der Waals surface area contributed by atoms with Crippen molar-refractivity contribution in [2.45, 2.75) is 6.92 Å². The maximum atomic E-state index is 13.2. The number of rotatable bonds is 7. The van der Waals surface area contributed by atoms with Gasteiger partial charge in [-0.1, -0.05) is 18.2 Å². The number of aromatic amines is 1.